The molecule has 9 heteroatoms. The molecule has 3 heterocycles. The van der Waals surface area contributed by atoms with E-state index in [1.165, 1.54) is 6.20 Å². The molecule has 2 fully saturated rings. The van der Waals surface area contributed by atoms with Gasteiger partial charge < -0.3 is 26.0 Å². The third-order valence-corrected chi connectivity index (χ3v) is 6.52. The molecular weight excluding hydrogens is 413 g/mol. The summed E-state index contributed by atoms with van der Waals surface area (Å²) in [5.41, 5.74) is 12.8. The Hall–Kier alpha value is -3.46. The number of benzene rings is 1. The Morgan fingerprint density at radius 1 is 1.22 bits per heavy atom. The minimum atomic E-state index is -1.33. The number of pyridine rings is 2. The number of carboxylic acid groups (broad SMARTS) is 1. The summed E-state index contributed by atoms with van der Waals surface area (Å²) in [5, 5.41) is 9.39. The van der Waals surface area contributed by atoms with Crippen LogP contribution in [0, 0.1) is 11.7 Å². The third-order valence-electron chi connectivity index (χ3n) is 6.52. The van der Waals surface area contributed by atoms with E-state index in [1.807, 2.05) is 29.2 Å². The molecule has 8 nitrogen and oxygen atoms in total. The Bertz CT molecular complexity index is 1270. The van der Waals surface area contributed by atoms with E-state index in [0.717, 1.165) is 24.5 Å². The maximum Gasteiger partial charge on any atom is 0.341 e. The van der Waals surface area contributed by atoms with Crippen LogP contribution in [0.5, 0.6) is 0 Å². The maximum absolute atomic E-state index is 15.2. The number of nitrogen functional groups attached to an aromatic ring is 1. The molecule has 2 aromatic heterocycles. The summed E-state index contributed by atoms with van der Waals surface area (Å²) in [4.78, 5) is 30.6. The summed E-state index contributed by atoms with van der Waals surface area (Å²) in [6.45, 7) is 1.50. The van der Waals surface area contributed by atoms with E-state index in [1.54, 1.807) is 4.57 Å². The lowest BCUT2D eigenvalue weighted by Gasteiger charge is -2.20. The van der Waals surface area contributed by atoms with Gasteiger partial charge in [0.25, 0.3) is 0 Å². The molecule has 2 aliphatic rings. The molecule has 2 atom stereocenters. The molecule has 166 valence electrons. The Balaban J connectivity index is 1.58. The van der Waals surface area contributed by atoms with Crippen LogP contribution in [0.15, 0.2) is 41.3 Å². The number of anilines is 2. The van der Waals surface area contributed by atoms with E-state index in [0.29, 0.717) is 31.0 Å². The number of aromatic nitrogens is 2. The Kier molecular flexibility index (Phi) is 4.85. The predicted molar refractivity (Wildman–Crippen MR) is 120 cm³/mol. The van der Waals surface area contributed by atoms with Gasteiger partial charge in [-0.25, -0.2) is 14.2 Å². The molecule has 3 aromatic rings. The van der Waals surface area contributed by atoms with Crippen LogP contribution >= 0.6 is 0 Å². The van der Waals surface area contributed by atoms with E-state index in [9.17, 15) is 14.7 Å². The SMILES string of the molecule is NC[C@H]1CN(c2nc3c(cc2F)c(=O)c(C(=O)O)cn3C2CC2)C[C@@H]1c1ccc(N)cc1. The third kappa shape index (κ3) is 3.38. The molecular formula is C23H24FN5O3. The van der Waals surface area contributed by atoms with Crippen molar-refractivity contribution in [3.63, 3.8) is 0 Å². The van der Waals surface area contributed by atoms with Crippen molar-refractivity contribution in [1.82, 2.24) is 9.55 Å². The molecule has 5 N–H and O–H groups in total. The van der Waals surface area contributed by atoms with Crippen LogP contribution in [-0.4, -0.2) is 40.3 Å². The van der Waals surface area contributed by atoms with E-state index >= 15 is 4.39 Å². The number of aromatic carboxylic acids is 1. The molecule has 0 unspecified atom stereocenters. The summed E-state index contributed by atoms with van der Waals surface area (Å²) in [7, 11) is 0. The second-order valence-corrected chi connectivity index (χ2v) is 8.65. The molecule has 0 amide bonds. The highest BCUT2D eigenvalue weighted by Gasteiger charge is 2.35. The molecule has 0 radical (unpaired) electrons. The Labute approximate surface area is 183 Å². The van der Waals surface area contributed by atoms with Crippen LogP contribution < -0.4 is 21.8 Å². The second-order valence-electron chi connectivity index (χ2n) is 8.65. The van der Waals surface area contributed by atoms with Crippen LogP contribution in [0.4, 0.5) is 15.9 Å². The van der Waals surface area contributed by atoms with Crippen molar-refractivity contribution in [2.45, 2.75) is 24.8 Å². The molecule has 0 spiro atoms. The highest BCUT2D eigenvalue weighted by atomic mass is 19.1. The largest absolute Gasteiger partial charge is 0.477 e. The van der Waals surface area contributed by atoms with Crippen LogP contribution in [0.3, 0.4) is 0 Å². The fourth-order valence-electron chi connectivity index (χ4n) is 4.65. The fraction of sp³-hybridized carbons (Fsp3) is 0.348. The van der Waals surface area contributed by atoms with Crippen molar-refractivity contribution >= 4 is 28.5 Å². The Morgan fingerprint density at radius 2 is 1.94 bits per heavy atom. The molecule has 1 saturated heterocycles. The van der Waals surface area contributed by atoms with Crippen LogP contribution in [-0.2, 0) is 0 Å². The van der Waals surface area contributed by atoms with Crippen molar-refractivity contribution in [3.05, 3.63) is 63.7 Å². The molecule has 1 aromatic carbocycles. The first-order chi connectivity index (χ1) is 15.4. The van der Waals surface area contributed by atoms with E-state index < -0.39 is 17.2 Å². The zero-order valence-corrected chi connectivity index (χ0v) is 17.4. The maximum atomic E-state index is 15.2. The normalized spacial score (nSPS) is 20.8. The summed E-state index contributed by atoms with van der Waals surface area (Å²) in [5.74, 6) is -1.61. The van der Waals surface area contributed by atoms with Crippen LogP contribution in [0.1, 0.15) is 40.7 Å². The summed E-state index contributed by atoms with van der Waals surface area (Å²) >= 11 is 0. The van der Waals surface area contributed by atoms with Crippen LogP contribution in [0.2, 0.25) is 0 Å². The molecule has 0 bridgehead atoms. The lowest BCUT2D eigenvalue weighted by atomic mass is 9.89. The van der Waals surface area contributed by atoms with Crippen molar-refractivity contribution < 1.29 is 14.3 Å². The average molecular weight is 437 g/mol. The highest BCUT2D eigenvalue weighted by Crippen LogP contribution is 2.39. The molecule has 5 rings (SSSR count). The first kappa shape index (κ1) is 20.4. The lowest BCUT2D eigenvalue weighted by molar-refractivity contribution is 0.0695. The minimum Gasteiger partial charge on any atom is -0.477 e. The van der Waals surface area contributed by atoms with Gasteiger partial charge in [0.1, 0.15) is 11.2 Å². The van der Waals surface area contributed by atoms with Crippen molar-refractivity contribution in [2.75, 3.05) is 30.3 Å². The van der Waals surface area contributed by atoms with Gasteiger partial charge in [0.15, 0.2) is 11.6 Å². The van der Waals surface area contributed by atoms with E-state index in [-0.39, 0.29) is 34.6 Å². The Morgan fingerprint density at radius 3 is 2.56 bits per heavy atom. The van der Waals surface area contributed by atoms with E-state index in [4.69, 9.17) is 11.5 Å². The van der Waals surface area contributed by atoms with Gasteiger partial charge in [-0.2, -0.15) is 0 Å². The number of hydrogen-bond donors (Lipinski definition) is 3. The number of nitrogens with two attached hydrogens (primary N) is 2. The van der Waals surface area contributed by atoms with Gasteiger partial charge >= 0.3 is 5.97 Å². The summed E-state index contributed by atoms with van der Waals surface area (Å²) < 4.78 is 16.9. The van der Waals surface area contributed by atoms with Gasteiger partial charge in [-0.15, -0.1) is 0 Å². The number of carboxylic acids is 1. The first-order valence-corrected chi connectivity index (χ1v) is 10.7. The van der Waals surface area contributed by atoms with Crippen LogP contribution in [0.25, 0.3) is 11.0 Å². The molecule has 1 aliphatic heterocycles. The molecule has 1 saturated carbocycles. The summed E-state index contributed by atoms with van der Waals surface area (Å²) in [6, 6.07) is 8.81. The summed E-state index contributed by atoms with van der Waals surface area (Å²) in [6.07, 6.45) is 3.07. The zero-order chi connectivity index (χ0) is 22.6. The number of carbonyl (C=O) groups is 1. The van der Waals surface area contributed by atoms with Gasteiger partial charge in [-0.3, -0.25) is 4.79 Å². The molecule has 1 aliphatic carbocycles. The van der Waals surface area contributed by atoms with Gasteiger partial charge in [0, 0.05) is 36.9 Å². The quantitative estimate of drug-likeness (QED) is 0.523. The highest BCUT2D eigenvalue weighted by molar-refractivity contribution is 5.92. The van der Waals surface area contributed by atoms with Gasteiger partial charge in [-0.05, 0) is 49.1 Å². The van der Waals surface area contributed by atoms with Crippen molar-refractivity contribution in [2.24, 2.45) is 11.7 Å². The smallest absolute Gasteiger partial charge is 0.341 e. The zero-order valence-electron chi connectivity index (χ0n) is 17.4. The van der Waals surface area contributed by atoms with Gasteiger partial charge in [0.05, 0.1) is 5.39 Å². The van der Waals surface area contributed by atoms with Gasteiger partial charge in [-0.1, -0.05) is 12.1 Å². The topological polar surface area (TPSA) is 127 Å². The predicted octanol–water partition coefficient (Wildman–Crippen LogP) is 2.33. The number of halogens is 1. The monoisotopic (exact) mass is 437 g/mol. The molecule has 32 heavy (non-hydrogen) atoms. The number of fused-ring (bicyclic) bond motifs is 1. The van der Waals surface area contributed by atoms with Crippen molar-refractivity contribution in [1.29, 1.82) is 0 Å². The fourth-order valence-corrected chi connectivity index (χ4v) is 4.65. The number of nitrogens with zero attached hydrogens (tertiary/aromatic N) is 3. The van der Waals surface area contributed by atoms with Crippen molar-refractivity contribution in [3.8, 4) is 0 Å². The first-order valence-electron chi connectivity index (χ1n) is 10.7. The van der Waals surface area contributed by atoms with Gasteiger partial charge in [0.2, 0.25) is 5.43 Å². The number of hydrogen-bond acceptors (Lipinski definition) is 6. The number of rotatable bonds is 5. The average Bonchev–Trinajstić information content (AvgIpc) is 3.52. The minimum absolute atomic E-state index is 0.0114. The lowest BCUT2D eigenvalue weighted by Crippen LogP contribution is -2.26. The second kappa shape index (κ2) is 7.59. The standard InChI is InChI=1S/C23H24FN5O3/c24-19-7-16-20(30)18(23(31)32)11-29(15-5-6-15)21(16)27-22(19)28-9-13(8-25)17(10-28)12-1-3-14(26)4-2-12/h1-4,7,11,13,15,17H,5-6,8-10,25-26H2,(H,31,32)/t13-,17+/m0/s1. The van der Waals surface area contributed by atoms with E-state index in [2.05, 4.69) is 4.98 Å².